The molecule has 0 aromatic carbocycles. The fourth-order valence-electron chi connectivity index (χ4n) is 0. The predicted molar refractivity (Wildman–Crippen MR) is 23.5 cm³/mol. The maximum atomic E-state index is 0. The molecule has 0 saturated carbocycles. The molecule has 0 aliphatic heterocycles. The van der Waals surface area contributed by atoms with Gasteiger partial charge in [0.15, 0.2) is 0 Å². The van der Waals surface area contributed by atoms with Gasteiger partial charge < -0.3 is 43.1 Å². The monoisotopic (exact) mass is 634 g/mol. The van der Waals surface area contributed by atoms with Crippen LogP contribution in [-0.4, -0.2) is 0 Å². The molecule has 0 fully saturated rings. The summed E-state index contributed by atoms with van der Waals surface area (Å²) in [6, 6.07) is 0. The van der Waals surface area contributed by atoms with Crippen molar-refractivity contribution >= 4 is 0 Å². The molecule has 7 nitrogen and oxygen atoms in total. The third-order valence-electron chi connectivity index (χ3n) is 0. The number of rotatable bonds is 0. The van der Waals surface area contributed by atoms with Crippen molar-refractivity contribution in [1.82, 2.24) is 0 Å². The average molecular weight is 638 g/mol. The van der Waals surface area contributed by atoms with E-state index in [0.29, 0.717) is 0 Å². The fourth-order valence-corrected chi connectivity index (χ4v) is 0. The normalized spacial score (nSPS) is 0. The second-order valence-corrected chi connectivity index (χ2v) is 0. The maximum Gasteiger partial charge on any atom is 4.00 e. The number of nitrogens with zero attached hydrogens (tertiary/aromatic N) is 7. The van der Waals surface area contributed by atoms with Gasteiger partial charge in [-0.3, -0.25) is 0 Å². The third kappa shape index (κ3) is 135. The van der Waals surface area contributed by atoms with Gasteiger partial charge >= 0.3 is 177 Å². The van der Waals surface area contributed by atoms with Crippen LogP contribution in [0, 0.1) is 0 Å². The Morgan fingerprint density at radius 2 is 0.231 bits per heavy atom. The topological polar surface area (TPSA) is 214 Å². The van der Waals surface area contributed by atoms with Crippen LogP contribution >= 0.6 is 0 Å². The minimum atomic E-state index is 0. The molecular formula is N7Y3Zr3. The van der Waals surface area contributed by atoms with Gasteiger partial charge in [-0.05, 0) is 0 Å². The zero-order valence-corrected chi connectivity index (χ0v) is 22.3. The van der Waals surface area contributed by atoms with Crippen LogP contribution in [0.5, 0.6) is 0 Å². The number of hydrogen-bond donors (Lipinski definition) is 0. The second-order valence-electron chi connectivity index (χ2n) is 0. The Labute approximate surface area is 214 Å². The van der Waals surface area contributed by atoms with Crippen molar-refractivity contribution in [3.63, 3.8) is 0 Å². The first-order valence-corrected chi connectivity index (χ1v) is 0. The second kappa shape index (κ2) is 152. The van der Waals surface area contributed by atoms with Gasteiger partial charge in [0.05, 0.1) is 0 Å². The summed E-state index contributed by atoms with van der Waals surface area (Å²) in [6.07, 6.45) is 0. The van der Waals surface area contributed by atoms with Crippen LogP contribution < -0.4 is 0 Å². The van der Waals surface area contributed by atoms with Crippen molar-refractivity contribution in [1.29, 1.82) is 0 Å². The molecule has 0 bridgehead atoms. The first kappa shape index (κ1) is 181. The van der Waals surface area contributed by atoms with E-state index >= 15 is 0 Å². The molecule has 13 heavy (non-hydrogen) atoms. The van der Waals surface area contributed by atoms with Crippen molar-refractivity contribution in [2.45, 2.75) is 0 Å². The minimum Gasteiger partial charge on any atom is -3.00 e. The van der Waals surface area contributed by atoms with Crippen molar-refractivity contribution in [2.75, 3.05) is 0 Å². The molecule has 0 atom stereocenters. The zero-order valence-electron chi connectivity index (χ0n) is 6.36. The van der Waals surface area contributed by atoms with E-state index in [4.69, 9.17) is 0 Å². The first-order chi connectivity index (χ1) is 0. The quantitative estimate of drug-likeness (QED) is 0.372. The zero-order chi connectivity index (χ0) is 0. The van der Waals surface area contributed by atoms with Gasteiger partial charge in [-0.2, -0.15) is 0 Å². The van der Waals surface area contributed by atoms with Crippen LogP contribution in [-0.2, 0) is 177 Å². The molecule has 0 aliphatic rings. The van der Waals surface area contributed by atoms with E-state index in [-0.39, 0.29) is 220 Å². The van der Waals surface area contributed by atoms with Crippen molar-refractivity contribution in [2.24, 2.45) is 0 Å². The van der Waals surface area contributed by atoms with Gasteiger partial charge in [0.1, 0.15) is 0 Å². The van der Waals surface area contributed by atoms with Gasteiger partial charge in [-0.25, -0.2) is 0 Å². The van der Waals surface area contributed by atoms with Crippen LogP contribution in [0.3, 0.4) is 0 Å². The maximum absolute atomic E-state index is 0. The minimum absolute atomic E-state index is 0. The van der Waals surface area contributed by atoms with E-state index in [9.17, 15) is 0 Å². The van der Waals surface area contributed by atoms with Gasteiger partial charge in [-0.1, -0.05) is 0 Å². The SMILES string of the molecule is [N-3].[N-3].[N-3].[N-3].[N-3].[N-3].[N-3].[Y+3].[Y+3].[Y+3].[Zr+4].[Zr+4].[Zr+4]. The Kier molecular flexibility index (Phi) is 2120. The summed E-state index contributed by atoms with van der Waals surface area (Å²) >= 11 is 0. The summed E-state index contributed by atoms with van der Waals surface area (Å²) in [5.74, 6) is 0. The average Bonchev–Trinajstić information content (AvgIpc) is 0. The molecule has 56 valence electrons. The van der Waals surface area contributed by atoms with E-state index in [0.717, 1.165) is 0 Å². The van der Waals surface area contributed by atoms with Gasteiger partial charge in [-0.15, -0.1) is 0 Å². The van der Waals surface area contributed by atoms with E-state index in [1.54, 1.807) is 0 Å². The molecule has 0 amide bonds. The van der Waals surface area contributed by atoms with E-state index in [1.807, 2.05) is 0 Å². The number of hydrogen-bond acceptors (Lipinski definition) is 0. The summed E-state index contributed by atoms with van der Waals surface area (Å²) in [4.78, 5) is 0. The molecule has 13 heteroatoms. The van der Waals surface area contributed by atoms with Crippen molar-refractivity contribution in [3.8, 4) is 0 Å². The molecular weight excluding hydrogens is 638 g/mol. The molecule has 0 radical (unpaired) electrons. The van der Waals surface area contributed by atoms with Crippen LogP contribution in [0.1, 0.15) is 0 Å². The summed E-state index contributed by atoms with van der Waals surface area (Å²) < 4.78 is 0. The molecule has 0 unspecified atom stereocenters. The summed E-state index contributed by atoms with van der Waals surface area (Å²) in [5.41, 5.74) is 0. The first-order valence-electron chi connectivity index (χ1n) is 0. The molecule has 0 saturated heterocycles. The van der Waals surface area contributed by atoms with Crippen LogP contribution in [0.25, 0.3) is 43.1 Å². The molecule has 0 heterocycles. The molecule has 0 spiro atoms. The van der Waals surface area contributed by atoms with Crippen molar-refractivity contribution < 1.29 is 177 Å². The van der Waals surface area contributed by atoms with E-state index < -0.39 is 0 Å². The van der Waals surface area contributed by atoms with Crippen molar-refractivity contribution in [3.05, 3.63) is 43.1 Å². The fraction of sp³-hybridized carbons (Fsp3) is 0. The summed E-state index contributed by atoms with van der Waals surface area (Å²) in [7, 11) is 0. The Morgan fingerprint density at radius 1 is 0.231 bits per heavy atom. The van der Waals surface area contributed by atoms with Crippen LogP contribution in [0.15, 0.2) is 0 Å². The molecule has 0 N–H and O–H groups in total. The largest absolute Gasteiger partial charge is 4.00 e. The standard InChI is InChI=1S/7N.3Y.3Zr/q7*-3;3*+3;3*+4. The molecule has 0 rings (SSSR count). The Balaban J connectivity index is 0. The van der Waals surface area contributed by atoms with E-state index in [2.05, 4.69) is 0 Å². The Bertz CT molecular complexity index is 18.9. The smallest absolute Gasteiger partial charge is 3.00 e. The summed E-state index contributed by atoms with van der Waals surface area (Å²) in [5, 5.41) is 0. The predicted octanol–water partition coefficient (Wildman–Crippen LogP) is 2.01. The summed E-state index contributed by atoms with van der Waals surface area (Å²) in [6.45, 7) is 0. The van der Waals surface area contributed by atoms with Crippen LogP contribution in [0.4, 0.5) is 0 Å². The molecule has 0 aromatic rings. The Morgan fingerprint density at radius 3 is 0.231 bits per heavy atom. The van der Waals surface area contributed by atoms with Gasteiger partial charge in [0.2, 0.25) is 0 Å². The Hall–Kier alpha value is 5.68. The van der Waals surface area contributed by atoms with E-state index in [1.165, 1.54) is 0 Å². The van der Waals surface area contributed by atoms with Crippen LogP contribution in [0.2, 0.25) is 0 Å². The molecule has 0 aromatic heterocycles. The van der Waals surface area contributed by atoms with Gasteiger partial charge in [0, 0.05) is 0 Å². The third-order valence-corrected chi connectivity index (χ3v) is 0. The molecule has 0 aliphatic carbocycles. The van der Waals surface area contributed by atoms with Gasteiger partial charge in [0.25, 0.3) is 0 Å².